The number of nitrogens with zero attached hydrogens (tertiary/aromatic N) is 1. The number of rotatable bonds is 7. The Kier molecular flexibility index (Phi) is 7.41. The van der Waals surface area contributed by atoms with Crippen molar-refractivity contribution >= 4 is 17.5 Å². The molecule has 1 unspecified atom stereocenters. The summed E-state index contributed by atoms with van der Waals surface area (Å²) >= 11 is 0. The number of carbonyl (C=O) groups is 1. The first-order valence-electron chi connectivity index (χ1n) is 10.3. The number of likely N-dealkylation sites (tertiary alicyclic amines) is 1. The molecule has 148 valence electrons. The van der Waals surface area contributed by atoms with Crippen LogP contribution in [0, 0.1) is 5.92 Å². The maximum absolute atomic E-state index is 12.0. The monoisotopic (exact) mass is 379 g/mol. The molecule has 1 fully saturated rings. The van der Waals surface area contributed by atoms with Crippen LogP contribution in [-0.2, 0) is 14.3 Å². The third kappa shape index (κ3) is 5.09. The summed E-state index contributed by atoms with van der Waals surface area (Å²) in [6, 6.07) is 9.94. The molecule has 1 aliphatic carbocycles. The average Bonchev–Trinajstić information content (AvgIpc) is 2.74. The van der Waals surface area contributed by atoms with Crippen LogP contribution >= 0.6 is 0 Å². The van der Waals surface area contributed by atoms with Crippen molar-refractivity contribution in [1.82, 2.24) is 4.90 Å². The van der Waals surface area contributed by atoms with Gasteiger partial charge in [-0.3, -0.25) is 9.69 Å². The molecular formula is C24H29NO3. The van der Waals surface area contributed by atoms with Crippen LogP contribution in [-0.4, -0.2) is 42.5 Å². The van der Waals surface area contributed by atoms with Gasteiger partial charge in [0.05, 0.1) is 18.2 Å². The number of benzene rings is 1. The van der Waals surface area contributed by atoms with Crippen molar-refractivity contribution in [1.29, 1.82) is 0 Å². The zero-order valence-corrected chi connectivity index (χ0v) is 16.6. The molecule has 0 saturated carbocycles. The van der Waals surface area contributed by atoms with Gasteiger partial charge in [0.1, 0.15) is 5.94 Å². The third-order valence-corrected chi connectivity index (χ3v) is 5.60. The fourth-order valence-electron chi connectivity index (χ4n) is 3.95. The van der Waals surface area contributed by atoms with E-state index in [1.54, 1.807) is 0 Å². The predicted molar refractivity (Wildman–Crippen MR) is 111 cm³/mol. The van der Waals surface area contributed by atoms with Crippen LogP contribution in [0.3, 0.4) is 0 Å². The van der Waals surface area contributed by atoms with Crippen molar-refractivity contribution in [3.8, 4) is 0 Å². The summed E-state index contributed by atoms with van der Waals surface area (Å²) in [5, 5.41) is 0. The first-order chi connectivity index (χ1) is 13.7. The zero-order chi connectivity index (χ0) is 19.8. The molecule has 0 amide bonds. The van der Waals surface area contributed by atoms with Gasteiger partial charge in [-0.15, -0.1) is 0 Å². The van der Waals surface area contributed by atoms with Gasteiger partial charge in [0, 0.05) is 6.42 Å². The molecular weight excluding hydrogens is 350 g/mol. The van der Waals surface area contributed by atoms with E-state index in [-0.39, 0.29) is 12.0 Å². The zero-order valence-electron chi connectivity index (χ0n) is 16.6. The van der Waals surface area contributed by atoms with Gasteiger partial charge >= 0.3 is 5.97 Å². The summed E-state index contributed by atoms with van der Waals surface area (Å²) in [7, 11) is 0. The third-order valence-electron chi connectivity index (χ3n) is 5.60. The average molecular weight is 380 g/mol. The molecule has 1 aromatic rings. The van der Waals surface area contributed by atoms with Crippen LogP contribution in [0.5, 0.6) is 0 Å². The smallest absolute Gasteiger partial charge is 0.306 e. The van der Waals surface area contributed by atoms with Crippen LogP contribution < -0.4 is 0 Å². The van der Waals surface area contributed by atoms with Gasteiger partial charge in [0.25, 0.3) is 0 Å². The van der Waals surface area contributed by atoms with E-state index in [1.807, 2.05) is 42.5 Å². The number of hydrogen-bond acceptors (Lipinski definition) is 4. The van der Waals surface area contributed by atoms with Gasteiger partial charge in [0.2, 0.25) is 0 Å². The number of carbonyl (C=O) groups excluding carboxylic acids is 2. The fourth-order valence-corrected chi connectivity index (χ4v) is 3.95. The minimum atomic E-state index is -0.0766. The minimum Gasteiger partial charge on any atom is -0.466 e. The maximum atomic E-state index is 12.0. The SMILES string of the molecule is CCCCOC(=O)CC1CCN(C2C=CC=C(c3ccccc3)C2=C=O)CC1. The van der Waals surface area contributed by atoms with Crippen molar-refractivity contribution in [2.75, 3.05) is 19.7 Å². The van der Waals surface area contributed by atoms with Gasteiger partial charge < -0.3 is 4.74 Å². The molecule has 1 heterocycles. The van der Waals surface area contributed by atoms with Gasteiger partial charge in [-0.05, 0) is 49.4 Å². The highest BCUT2D eigenvalue weighted by Crippen LogP contribution is 2.32. The van der Waals surface area contributed by atoms with Crippen LogP contribution in [0.15, 0.2) is 54.1 Å². The number of esters is 1. The van der Waals surface area contributed by atoms with E-state index in [0.717, 1.165) is 49.9 Å². The standard InChI is InChI=1S/C24H29NO3/c1-2-3-16-28-24(27)17-19-12-14-25(15-13-19)23-11-7-10-21(22(23)18-26)20-8-5-4-6-9-20/h4-11,19,23H,2-3,12-17H2,1H3. The summed E-state index contributed by atoms with van der Waals surface area (Å²) in [6.45, 7) is 4.36. The summed E-state index contributed by atoms with van der Waals surface area (Å²) in [4.78, 5) is 26.1. The van der Waals surface area contributed by atoms with E-state index in [2.05, 4.69) is 23.8 Å². The predicted octanol–water partition coefficient (Wildman–Crippen LogP) is 4.21. The first kappa shape index (κ1) is 20.3. The van der Waals surface area contributed by atoms with Gasteiger partial charge in [-0.25, -0.2) is 4.79 Å². The van der Waals surface area contributed by atoms with E-state index in [4.69, 9.17) is 4.74 Å². The highest BCUT2D eigenvalue weighted by Gasteiger charge is 2.30. The Bertz CT molecular complexity index is 766. The molecule has 1 aromatic carbocycles. The molecule has 0 radical (unpaired) electrons. The molecule has 4 heteroatoms. The molecule has 0 spiro atoms. The fraction of sp³-hybridized carbons (Fsp3) is 0.458. The highest BCUT2D eigenvalue weighted by molar-refractivity contribution is 5.91. The number of piperidine rings is 1. The van der Waals surface area contributed by atoms with Crippen molar-refractivity contribution < 1.29 is 14.3 Å². The lowest BCUT2D eigenvalue weighted by atomic mass is 9.86. The summed E-state index contributed by atoms with van der Waals surface area (Å²) < 4.78 is 5.30. The van der Waals surface area contributed by atoms with Gasteiger partial charge in [-0.2, -0.15) is 0 Å². The van der Waals surface area contributed by atoms with E-state index >= 15 is 0 Å². The first-order valence-corrected chi connectivity index (χ1v) is 10.3. The summed E-state index contributed by atoms with van der Waals surface area (Å²) in [5.41, 5.74) is 2.69. The number of allylic oxidation sites excluding steroid dienone is 2. The minimum absolute atomic E-state index is 0.0461. The lowest BCUT2D eigenvalue weighted by Gasteiger charge is -2.37. The Morgan fingerprint density at radius 3 is 2.64 bits per heavy atom. The second-order valence-electron chi connectivity index (χ2n) is 7.55. The summed E-state index contributed by atoms with van der Waals surface area (Å²) in [6.07, 6.45) is 10.5. The van der Waals surface area contributed by atoms with Crippen LogP contribution in [0.4, 0.5) is 0 Å². The largest absolute Gasteiger partial charge is 0.466 e. The van der Waals surface area contributed by atoms with E-state index in [1.165, 1.54) is 0 Å². The van der Waals surface area contributed by atoms with Crippen molar-refractivity contribution in [3.05, 3.63) is 59.7 Å². The number of unbranched alkanes of at least 4 members (excludes halogenated alkanes) is 1. The van der Waals surface area contributed by atoms with Crippen LogP contribution in [0.2, 0.25) is 0 Å². The molecule has 1 saturated heterocycles. The van der Waals surface area contributed by atoms with E-state index < -0.39 is 0 Å². The molecule has 28 heavy (non-hydrogen) atoms. The Hall–Kier alpha value is -2.42. The molecule has 3 rings (SSSR count). The van der Waals surface area contributed by atoms with Crippen LogP contribution in [0.1, 0.15) is 44.6 Å². The molecule has 4 nitrogen and oxygen atoms in total. The second kappa shape index (κ2) is 10.2. The number of hydrogen-bond donors (Lipinski definition) is 0. The van der Waals surface area contributed by atoms with Gasteiger partial charge in [0.15, 0.2) is 0 Å². The topological polar surface area (TPSA) is 46.6 Å². The Balaban J connectivity index is 1.57. The van der Waals surface area contributed by atoms with Crippen molar-refractivity contribution in [2.24, 2.45) is 5.92 Å². The van der Waals surface area contributed by atoms with Crippen LogP contribution in [0.25, 0.3) is 5.57 Å². The Labute approximate surface area is 167 Å². The van der Waals surface area contributed by atoms with Crippen molar-refractivity contribution in [3.63, 3.8) is 0 Å². The second-order valence-corrected chi connectivity index (χ2v) is 7.55. The molecule has 0 bridgehead atoms. The summed E-state index contributed by atoms with van der Waals surface area (Å²) in [5.74, 6) is 2.49. The number of ether oxygens (including phenoxy) is 1. The molecule has 2 aliphatic rings. The van der Waals surface area contributed by atoms with Crippen molar-refractivity contribution in [2.45, 2.75) is 45.1 Å². The normalized spacial score (nSPS) is 20.5. The van der Waals surface area contributed by atoms with E-state index in [0.29, 0.717) is 24.5 Å². The maximum Gasteiger partial charge on any atom is 0.306 e. The lowest BCUT2D eigenvalue weighted by molar-refractivity contribution is -0.145. The Morgan fingerprint density at radius 2 is 1.96 bits per heavy atom. The molecule has 1 atom stereocenters. The van der Waals surface area contributed by atoms with Gasteiger partial charge in [-0.1, -0.05) is 61.9 Å². The Morgan fingerprint density at radius 1 is 1.21 bits per heavy atom. The lowest BCUT2D eigenvalue weighted by Crippen LogP contribution is -2.42. The highest BCUT2D eigenvalue weighted by atomic mass is 16.5. The quantitative estimate of drug-likeness (QED) is 0.404. The molecule has 1 aliphatic heterocycles. The molecule has 0 aromatic heterocycles. The van der Waals surface area contributed by atoms with E-state index in [9.17, 15) is 9.59 Å². The molecule has 0 N–H and O–H groups in total.